The van der Waals surface area contributed by atoms with Crippen molar-refractivity contribution >= 4 is 11.6 Å². The number of fused-ring (bicyclic) bond motifs is 3. The van der Waals surface area contributed by atoms with E-state index in [1.165, 1.54) is 10.7 Å². The third-order valence-electron chi connectivity index (χ3n) is 4.66. The maximum atomic E-state index is 13.8. The second kappa shape index (κ2) is 5.94. The number of rotatable bonds is 3. The molecule has 0 atom stereocenters. The standard InChI is InChI=1S/C19H16F2N4O/c1-23-11-4-2-10-3-6-13-17(19(22)26)24-25(18(13)14(10)8-11)12-5-7-15(20)16(21)9-12/h2,4-5,7-9,23H,3,6H2,1H3,(H2,22,26). The lowest BCUT2D eigenvalue weighted by molar-refractivity contribution is 0.0994. The molecule has 1 amide bonds. The molecule has 7 heteroatoms. The van der Waals surface area contributed by atoms with Gasteiger partial charge in [0.15, 0.2) is 17.3 Å². The molecule has 0 unspecified atom stereocenters. The van der Waals surface area contributed by atoms with Crippen molar-refractivity contribution < 1.29 is 13.6 Å². The van der Waals surface area contributed by atoms with Crippen LogP contribution in [0.25, 0.3) is 16.9 Å². The first kappa shape index (κ1) is 16.3. The van der Waals surface area contributed by atoms with Gasteiger partial charge in [0, 0.05) is 29.9 Å². The van der Waals surface area contributed by atoms with Gasteiger partial charge in [-0.25, -0.2) is 13.5 Å². The van der Waals surface area contributed by atoms with E-state index >= 15 is 0 Å². The molecule has 26 heavy (non-hydrogen) atoms. The Labute approximate surface area is 148 Å². The summed E-state index contributed by atoms with van der Waals surface area (Å²) in [6.45, 7) is 0. The van der Waals surface area contributed by atoms with Crippen molar-refractivity contribution in [2.45, 2.75) is 12.8 Å². The number of nitrogens with one attached hydrogen (secondary N) is 1. The Hall–Kier alpha value is -3.22. The molecule has 0 bridgehead atoms. The molecule has 0 saturated carbocycles. The summed E-state index contributed by atoms with van der Waals surface area (Å²) in [5, 5.41) is 7.40. The van der Waals surface area contributed by atoms with E-state index in [2.05, 4.69) is 10.4 Å². The highest BCUT2D eigenvalue weighted by Gasteiger charge is 2.28. The van der Waals surface area contributed by atoms with Crippen LogP contribution in [0.15, 0.2) is 36.4 Å². The average molecular weight is 354 g/mol. The number of primary amides is 1. The first-order chi connectivity index (χ1) is 12.5. The minimum atomic E-state index is -0.979. The van der Waals surface area contributed by atoms with Gasteiger partial charge in [-0.15, -0.1) is 0 Å². The number of nitrogens with two attached hydrogens (primary N) is 1. The van der Waals surface area contributed by atoms with Gasteiger partial charge in [0.25, 0.3) is 5.91 Å². The third-order valence-corrected chi connectivity index (χ3v) is 4.66. The van der Waals surface area contributed by atoms with Crippen LogP contribution in [0.3, 0.4) is 0 Å². The molecule has 0 saturated heterocycles. The summed E-state index contributed by atoms with van der Waals surface area (Å²) in [7, 11) is 1.81. The minimum absolute atomic E-state index is 0.158. The molecule has 3 N–H and O–H groups in total. The van der Waals surface area contributed by atoms with Crippen LogP contribution < -0.4 is 11.1 Å². The molecule has 1 aliphatic rings. The zero-order valence-corrected chi connectivity index (χ0v) is 14.0. The number of nitrogens with zero attached hydrogens (tertiary/aromatic N) is 2. The Morgan fingerprint density at radius 3 is 2.65 bits per heavy atom. The Morgan fingerprint density at radius 2 is 1.96 bits per heavy atom. The first-order valence-corrected chi connectivity index (χ1v) is 8.17. The predicted octanol–water partition coefficient (Wildman–Crippen LogP) is 3.06. The van der Waals surface area contributed by atoms with E-state index in [1.54, 1.807) is 0 Å². The molecule has 3 aromatic rings. The number of aryl methyl sites for hydroxylation is 1. The van der Waals surface area contributed by atoms with Crippen LogP contribution in [0.1, 0.15) is 21.6 Å². The van der Waals surface area contributed by atoms with E-state index in [-0.39, 0.29) is 5.69 Å². The summed E-state index contributed by atoms with van der Waals surface area (Å²) in [4.78, 5) is 11.9. The van der Waals surface area contributed by atoms with E-state index in [1.807, 2.05) is 25.2 Å². The summed E-state index contributed by atoms with van der Waals surface area (Å²) < 4.78 is 28.6. The molecule has 1 aliphatic carbocycles. The van der Waals surface area contributed by atoms with E-state index < -0.39 is 17.5 Å². The molecule has 0 spiro atoms. The van der Waals surface area contributed by atoms with Crippen LogP contribution in [-0.2, 0) is 12.8 Å². The quantitative estimate of drug-likeness (QED) is 0.759. The van der Waals surface area contributed by atoms with Gasteiger partial charge in [0.1, 0.15) is 0 Å². The number of halogens is 2. The fourth-order valence-electron chi connectivity index (χ4n) is 3.40. The minimum Gasteiger partial charge on any atom is -0.388 e. The fourth-order valence-corrected chi connectivity index (χ4v) is 3.40. The number of carbonyl (C=O) groups is 1. The topological polar surface area (TPSA) is 72.9 Å². The second-order valence-corrected chi connectivity index (χ2v) is 6.17. The molecular formula is C19H16F2N4O. The Bertz CT molecular complexity index is 1040. The SMILES string of the molecule is CNc1ccc2c(c1)-c1c(c(C(N)=O)nn1-c1ccc(F)c(F)c1)CC2. The summed E-state index contributed by atoms with van der Waals surface area (Å²) >= 11 is 0. The average Bonchev–Trinajstić information content (AvgIpc) is 3.04. The predicted molar refractivity (Wildman–Crippen MR) is 94.4 cm³/mol. The first-order valence-electron chi connectivity index (χ1n) is 8.17. The molecule has 0 fully saturated rings. The van der Waals surface area contributed by atoms with Gasteiger partial charge >= 0.3 is 0 Å². The van der Waals surface area contributed by atoms with Gasteiger partial charge < -0.3 is 11.1 Å². The van der Waals surface area contributed by atoms with Gasteiger partial charge in [-0.2, -0.15) is 5.10 Å². The highest BCUT2D eigenvalue weighted by molar-refractivity contribution is 5.95. The summed E-state index contributed by atoms with van der Waals surface area (Å²) in [6.07, 6.45) is 1.35. The van der Waals surface area contributed by atoms with E-state index in [0.717, 1.165) is 40.9 Å². The van der Waals surface area contributed by atoms with Gasteiger partial charge in [0.2, 0.25) is 0 Å². The zero-order chi connectivity index (χ0) is 18.4. The lowest BCUT2D eigenvalue weighted by Crippen LogP contribution is -2.15. The van der Waals surface area contributed by atoms with Crippen molar-refractivity contribution in [2.75, 3.05) is 12.4 Å². The molecule has 132 valence electrons. The monoisotopic (exact) mass is 354 g/mol. The zero-order valence-electron chi connectivity index (χ0n) is 14.0. The smallest absolute Gasteiger partial charge is 0.269 e. The van der Waals surface area contributed by atoms with E-state index in [4.69, 9.17) is 5.73 Å². The molecule has 1 heterocycles. The molecule has 4 rings (SSSR count). The van der Waals surface area contributed by atoms with Crippen molar-refractivity contribution in [1.82, 2.24) is 9.78 Å². The normalized spacial score (nSPS) is 12.4. The maximum Gasteiger partial charge on any atom is 0.269 e. The molecule has 2 aromatic carbocycles. The van der Waals surface area contributed by atoms with Gasteiger partial charge in [0.05, 0.1) is 11.4 Å². The Balaban J connectivity index is 2.02. The summed E-state index contributed by atoms with van der Waals surface area (Å²) in [6, 6.07) is 9.45. The number of hydrogen-bond donors (Lipinski definition) is 2. The van der Waals surface area contributed by atoms with Crippen molar-refractivity contribution in [1.29, 1.82) is 0 Å². The molecular weight excluding hydrogens is 338 g/mol. The lowest BCUT2D eigenvalue weighted by Gasteiger charge is -2.20. The second-order valence-electron chi connectivity index (χ2n) is 6.17. The molecule has 5 nitrogen and oxygen atoms in total. The number of carbonyl (C=O) groups excluding carboxylic acids is 1. The number of aromatic nitrogens is 2. The van der Waals surface area contributed by atoms with Crippen LogP contribution >= 0.6 is 0 Å². The van der Waals surface area contributed by atoms with Gasteiger partial charge in [-0.3, -0.25) is 4.79 Å². The number of amides is 1. The van der Waals surface area contributed by atoms with Crippen LogP contribution in [0.2, 0.25) is 0 Å². The lowest BCUT2D eigenvalue weighted by atomic mass is 9.88. The number of hydrogen-bond acceptors (Lipinski definition) is 3. The van der Waals surface area contributed by atoms with Crippen LogP contribution in [0, 0.1) is 11.6 Å². The molecule has 0 radical (unpaired) electrons. The van der Waals surface area contributed by atoms with Crippen LogP contribution in [0.5, 0.6) is 0 Å². The third kappa shape index (κ3) is 2.44. The Kier molecular flexibility index (Phi) is 3.72. The molecule has 0 aliphatic heterocycles. The van der Waals surface area contributed by atoms with E-state index in [9.17, 15) is 13.6 Å². The van der Waals surface area contributed by atoms with E-state index in [0.29, 0.717) is 17.8 Å². The number of anilines is 1. The van der Waals surface area contributed by atoms with Crippen molar-refractivity contribution in [3.63, 3.8) is 0 Å². The maximum absolute atomic E-state index is 13.8. The highest BCUT2D eigenvalue weighted by atomic mass is 19.2. The van der Waals surface area contributed by atoms with Crippen molar-refractivity contribution in [3.8, 4) is 16.9 Å². The van der Waals surface area contributed by atoms with Crippen molar-refractivity contribution in [2.24, 2.45) is 5.73 Å². The van der Waals surface area contributed by atoms with Gasteiger partial charge in [-0.1, -0.05) is 6.07 Å². The van der Waals surface area contributed by atoms with Crippen molar-refractivity contribution in [3.05, 3.63) is 64.9 Å². The fraction of sp³-hybridized carbons (Fsp3) is 0.158. The summed E-state index contributed by atoms with van der Waals surface area (Å²) in [5.74, 6) is -2.56. The largest absolute Gasteiger partial charge is 0.388 e. The van der Waals surface area contributed by atoms with Crippen LogP contribution in [-0.4, -0.2) is 22.7 Å². The Morgan fingerprint density at radius 1 is 1.15 bits per heavy atom. The molecule has 1 aromatic heterocycles. The van der Waals surface area contributed by atoms with Gasteiger partial charge in [-0.05, 0) is 42.7 Å². The summed E-state index contributed by atoms with van der Waals surface area (Å²) in [5.41, 5.74) is 10.3. The highest BCUT2D eigenvalue weighted by Crippen LogP contribution is 2.38. The van der Waals surface area contributed by atoms with Crippen LogP contribution in [0.4, 0.5) is 14.5 Å². The number of benzene rings is 2.